The van der Waals surface area contributed by atoms with Gasteiger partial charge in [-0.05, 0) is 54.3 Å². The fraction of sp³-hybridized carbons (Fsp3) is 1.00. The monoisotopic (exact) mass is 444 g/mol. The summed E-state index contributed by atoms with van der Waals surface area (Å²) in [5, 5.41) is 0.902. The van der Waals surface area contributed by atoms with Crippen molar-refractivity contribution in [1.29, 1.82) is 0 Å². The SMILES string of the molecule is CC(CSCCSCCS)C1CCC(C)C(SCCSCCS)C1. The van der Waals surface area contributed by atoms with Crippen LogP contribution in [0.4, 0.5) is 0 Å². The molecule has 1 rings (SSSR count). The summed E-state index contributed by atoms with van der Waals surface area (Å²) in [7, 11) is 0. The molecule has 0 aliphatic heterocycles. The lowest BCUT2D eigenvalue weighted by Gasteiger charge is -2.37. The quantitative estimate of drug-likeness (QED) is 0.241. The molecule has 0 aromatic rings. The first-order valence-corrected chi connectivity index (χ1v) is 15.0. The van der Waals surface area contributed by atoms with Gasteiger partial charge in [0, 0.05) is 39.8 Å². The zero-order valence-corrected chi connectivity index (χ0v) is 20.4. The first-order chi connectivity index (χ1) is 11.7. The summed E-state index contributed by atoms with van der Waals surface area (Å²) in [6.45, 7) is 4.98. The van der Waals surface area contributed by atoms with Crippen molar-refractivity contribution in [1.82, 2.24) is 0 Å². The van der Waals surface area contributed by atoms with Gasteiger partial charge in [0.1, 0.15) is 0 Å². The Morgan fingerprint density at radius 2 is 1.50 bits per heavy atom. The molecule has 144 valence electrons. The van der Waals surface area contributed by atoms with Crippen LogP contribution < -0.4 is 0 Å². The first kappa shape index (κ1) is 24.1. The summed E-state index contributed by atoms with van der Waals surface area (Å²) in [4.78, 5) is 0. The summed E-state index contributed by atoms with van der Waals surface area (Å²) >= 11 is 17.1. The topological polar surface area (TPSA) is 0 Å². The molecule has 0 nitrogen and oxygen atoms in total. The Bertz CT molecular complexity index is 289. The molecule has 4 unspecified atom stereocenters. The van der Waals surface area contributed by atoms with E-state index >= 15 is 0 Å². The minimum atomic E-state index is 0.888. The van der Waals surface area contributed by atoms with E-state index in [-0.39, 0.29) is 0 Å². The van der Waals surface area contributed by atoms with Gasteiger partial charge < -0.3 is 0 Å². The third-order valence-electron chi connectivity index (χ3n) is 4.75. The van der Waals surface area contributed by atoms with Crippen LogP contribution in [0.2, 0.25) is 0 Å². The van der Waals surface area contributed by atoms with Gasteiger partial charge in [-0.15, -0.1) is 0 Å². The summed E-state index contributed by atoms with van der Waals surface area (Å²) in [5.41, 5.74) is 0. The van der Waals surface area contributed by atoms with Gasteiger partial charge in [-0.25, -0.2) is 0 Å². The van der Waals surface area contributed by atoms with E-state index in [1.165, 1.54) is 59.5 Å². The van der Waals surface area contributed by atoms with Gasteiger partial charge in [-0.1, -0.05) is 13.8 Å². The van der Waals surface area contributed by atoms with Crippen LogP contribution in [-0.4, -0.2) is 57.0 Å². The van der Waals surface area contributed by atoms with Crippen LogP contribution in [0, 0.1) is 17.8 Å². The van der Waals surface area contributed by atoms with Crippen LogP contribution in [0.25, 0.3) is 0 Å². The molecule has 0 aromatic carbocycles. The molecule has 1 fully saturated rings. The van der Waals surface area contributed by atoms with Gasteiger partial charge >= 0.3 is 0 Å². The summed E-state index contributed by atoms with van der Waals surface area (Å²) < 4.78 is 0. The molecule has 1 aliphatic carbocycles. The maximum absolute atomic E-state index is 4.29. The molecule has 24 heavy (non-hydrogen) atoms. The Balaban J connectivity index is 2.17. The highest BCUT2D eigenvalue weighted by molar-refractivity contribution is 8.03. The van der Waals surface area contributed by atoms with Gasteiger partial charge in [0.05, 0.1) is 0 Å². The van der Waals surface area contributed by atoms with Crippen LogP contribution in [0.15, 0.2) is 0 Å². The second-order valence-electron chi connectivity index (χ2n) is 6.68. The van der Waals surface area contributed by atoms with E-state index in [1.54, 1.807) is 0 Å². The van der Waals surface area contributed by atoms with Gasteiger partial charge in [0.25, 0.3) is 0 Å². The summed E-state index contributed by atoms with van der Waals surface area (Å²) in [5.74, 6) is 13.8. The molecule has 0 bridgehead atoms. The van der Waals surface area contributed by atoms with E-state index in [4.69, 9.17) is 0 Å². The Morgan fingerprint density at radius 1 is 0.875 bits per heavy atom. The lowest BCUT2D eigenvalue weighted by Crippen LogP contribution is -2.30. The third kappa shape index (κ3) is 11.1. The van der Waals surface area contributed by atoms with Crippen molar-refractivity contribution in [2.75, 3.05) is 51.8 Å². The van der Waals surface area contributed by atoms with Crippen LogP contribution in [0.1, 0.15) is 33.1 Å². The minimum absolute atomic E-state index is 0.888. The van der Waals surface area contributed by atoms with E-state index in [1.807, 2.05) is 11.8 Å². The standard InChI is InChI=1S/C18H36S6/c1-15-3-4-17(13-18(15)24-12-11-22-8-6-20)16(2)14-23-10-9-21-7-5-19/h15-20H,3-14H2,1-2H3. The number of hydrogen-bond donors (Lipinski definition) is 2. The minimum Gasteiger partial charge on any atom is -0.179 e. The van der Waals surface area contributed by atoms with E-state index < -0.39 is 0 Å². The Morgan fingerprint density at radius 3 is 2.17 bits per heavy atom. The molecule has 6 heteroatoms. The molecule has 0 aromatic heterocycles. The first-order valence-electron chi connectivity index (χ1n) is 9.25. The summed E-state index contributed by atoms with van der Waals surface area (Å²) in [6.07, 6.45) is 4.36. The van der Waals surface area contributed by atoms with Crippen molar-refractivity contribution < 1.29 is 0 Å². The Kier molecular flexibility index (Phi) is 16.2. The molecule has 0 N–H and O–H groups in total. The number of thioether (sulfide) groups is 4. The van der Waals surface area contributed by atoms with Crippen molar-refractivity contribution in [3.8, 4) is 0 Å². The van der Waals surface area contributed by atoms with E-state index in [2.05, 4.69) is 74.4 Å². The fourth-order valence-corrected chi connectivity index (χ4v) is 8.38. The van der Waals surface area contributed by atoms with Crippen LogP contribution >= 0.6 is 72.3 Å². The molecule has 0 saturated heterocycles. The zero-order valence-electron chi connectivity index (χ0n) is 15.3. The maximum Gasteiger partial charge on any atom is 0.00757 e. The average molecular weight is 445 g/mol. The molecule has 1 saturated carbocycles. The predicted octanol–water partition coefficient (Wildman–Crippen LogP) is 6.22. The van der Waals surface area contributed by atoms with Crippen molar-refractivity contribution >= 4 is 72.3 Å². The smallest absolute Gasteiger partial charge is 0.00757 e. The highest BCUT2D eigenvalue weighted by Gasteiger charge is 2.30. The number of hydrogen-bond acceptors (Lipinski definition) is 6. The highest BCUT2D eigenvalue weighted by Crippen LogP contribution is 2.40. The van der Waals surface area contributed by atoms with E-state index in [0.29, 0.717) is 0 Å². The van der Waals surface area contributed by atoms with Crippen LogP contribution in [0.5, 0.6) is 0 Å². The molecule has 0 amide bonds. The average Bonchev–Trinajstić information content (AvgIpc) is 2.59. The largest absolute Gasteiger partial charge is 0.179 e. The molecule has 4 atom stereocenters. The van der Waals surface area contributed by atoms with Crippen LogP contribution in [0.3, 0.4) is 0 Å². The number of thiol groups is 2. The lowest BCUT2D eigenvalue weighted by atomic mass is 9.77. The second-order valence-corrected chi connectivity index (χ2v) is 12.5. The lowest BCUT2D eigenvalue weighted by molar-refractivity contribution is 0.245. The van der Waals surface area contributed by atoms with Crippen molar-refractivity contribution in [3.63, 3.8) is 0 Å². The van der Waals surface area contributed by atoms with Crippen molar-refractivity contribution in [3.05, 3.63) is 0 Å². The maximum atomic E-state index is 4.29. The zero-order chi connectivity index (χ0) is 17.6. The van der Waals surface area contributed by atoms with Gasteiger partial charge in [-0.2, -0.15) is 72.3 Å². The Hall–Kier alpha value is 2.10. The van der Waals surface area contributed by atoms with Crippen molar-refractivity contribution in [2.45, 2.75) is 38.4 Å². The molecule has 0 heterocycles. The summed E-state index contributed by atoms with van der Waals surface area (Å²) in [6, 6.07) is 0. The molecule has 1 aliphatic rings. The highest BCUT2D eigenvalue weighted by atomic mass is 32.2. The molecular formula is C18H36S6. The van der Waals surface area contributed by atoms with Gasteiger partial charge in [0.15, 0.2) is 0 Å². The van der Waals surface area contributed by atoms with Crippen molar-refractivity contribution in [2.24, 2.45) is 17.8 Å². The fourth-order valence-electron chi connectivity index (χ4n) is 3.18. The van der Waals surface area contributed by atoms with Gasteiger partial charge in [-0.3, -0.25) is 0 Å². The van der Waals surface area contributed by atoms with Gasteiger partial charge in [0.2, 0.25) is 0 Å². The number of rotatable bonds is 14. The third-order valence-corrected chi connectivity index (χ3v) is 11.1. The Labute approximate surface area is 179 Å². The van der Waals surface area contributed by atoms with E-state index in [0.717, 1.165) is 34.5 Å². The molecule has 0 radical (unpaired) electrons. The normalized spacial score (nSPS) is 25.8. The molecule has 0 spiro atoms. The predicted molar refractivity (Wildman–Crippen MR) is 132 cm³/mol. The van der Waals surface area contributed by atoms with Crippen LogP contribution in [-0.2, 0) is 0 Å². The van der Waals surface area contributed by atoms with E-state index in [9.17, 15) is 0 Å². The molecular weight excluding hydrogens is 409 g/mol. The second kappa shape index (κ2) is 16.1.